The monoisotopic (exact) mass is 371 g/mol. The minimum Gasteiger partial charge on any atom is -0.497 e. The fourth-order valence-corrected chi connectivity index (χ4v) is 4.33. The molecule has 1 aliphatic rings. The van der Waals surface area contributed by atoms with Gasteiger partial charge in [-0.05, 0) is 42.8 Å². The number of aryl methyl sites for hydroxylation is 1. The largest absolute Gasteiger partial charge is 0.497 e. The Balaban J connectivity index is 1.91. The predicted octanol–water partition coefficient (Wildman–Crippen LogP) is 2.89. The Kier molecular flexibility index (Phi) is 5.13. The topological polar surface area (TPSA) is 63.7 Å². The quantitative estimate of drug-likeness (QED) is 0.811. The van der Waals surface area contributed by atoms with E-state index in [9.17, 15) is 13.2 Å². The van der Waals surface area contributed by atoms with E-state index in [0.29, 0.717) is 11.4 Å². The number of methoxy groups -OCH3 is 1. The lowest BCUT2D eigenvalue weighted by Gasteiger charge is -2.28. The third-order valence-electron chi connectivity index (χ3n) is 4.30. The molecule has 1 atom stereocenters. The van der Waals surface area contributed by atoms with Crippen LogP contribution in [0.3, 0.4) is 0 Å². The van der Waals surface area contributed by atoms with Crippen molar-refractivity contribution in [2.45, 2.75) is 19.4 Å². The van der Waals surface area contributed by atoms with Gasteiger partial charge in [0.25, 0.3) is 0 Å². The molecule has 5 nitrogen and oxygen atoms in total. The Morgan fingerprint density at radius 1 is 1.19 bits per heavy atom. The lowest BCUT2D eigenvalue weighted by Crippen LogP contribution is -2.42. The van der Waals surface area contributed by atoms with E-state index >= 15 is 0 Å². The van der Waals surface area contributed by atoms with Crippen molar-refractivity contribution in [3.05, 3.63) is 71.1 Å². The van der Waals surface area contributed by atoms with E-state index in [1.807, 2.05) is 31.2 Å². The van der Waals surface area contributed by atoms with E-state index in [1.54, 1.807) is 42.4 Å². The van der Waals surface area contributed by atoms with Crippen molar-refractivity contribution in [3.63, 3.8) is 0 Å². The van der Waals surface area contributed by atoms with Gasteiger partial charge in [-0.3, -0.25) is 4.79 Å². The summed E-state index contributed by atoms with van der Waals surface area (Å²) in [5, 5.41) is 1.19. The smallest absolute Gasteiger partial charge is 0.231 e. The molecule has 136 valence electrons. The molecule has 1 heterocycles. The summed E-state index contributed by atoms with van der Waals surface area (Å²) in [4.78, 5) is 14.6. The second kappa shape index (κ2) is 7.33. The molecule has 3 rings (SSSR count). The summed E-state index contributed by atoms with van der Waals surface area (Å²) in [6.07, 6.45) is 1.78. The van der Waals surface area contributed by atoms with Crippen molar-refractivity contribution < 1.29 is 17.9 Å². The first kappa shape index (κ1) is 18.2. The molecule has 26 heavy (non-hydrogen) atoms. The first-order chi connectivity index (χ1) is 12.4. The molecule has 1 amide bonds. The second-order valence-electron chi connectivity index (χ2n) is 6.35. The van der Waals surface area contributed by atoms with Crippen molar-refractivity contribution in [1.29, 1.82) is 0 Å². The van der Waals surface area contributed by atoms with Crippen LogP contribution >= 0.6 is 0 Å². The number of rotatable bonds is 5. The van der Waals surface area contributed by atoms with Crippen LogP contribution in [0.15, 0.2) is 60.0 Å². The zero-order chi connectivity index (χ0) is 18.7. The lowest BCUT2D eigenvalue weighted by molar-refractivity contribution is -0.118. The Morgan fingerprint density at radius 3 is 2.50 bits per heavy atom. The van der Waals surface area contributed by atoms with Crippen molar-refractivity contribution >= 4 is 21.4 Å². The van der Waals surface area contributed by atoms with E-state index in [4.69, 9.17) is 4.74 Å². The third kappa shape index (κ3) is 4.14. The Labute approximate surface area is 153 Å². The van der Waals surface area contributed by atoms with Gasteiger partial charge in [0.2, 0.25) is 5.91 Å². The number of benzene rings is 2. The summed E-state index contributed by atoms with van der Waals surface area (Å²) < 4.78 is 28.9. The number of carbonyl (C=O) groups is 1. The van der Waals surface area contributed by atoms with Gasteiger partial charge in [0.05, 0.1) is 25.3 Å². The molecule has 0 bridgehead atoms. The third-order valence-corrected chi connectivity index (χ3v) is 5.68. The molecule has 0 aromatic heterocycles. The molecule has 0 saturated carbocycles. The summed E-state index contributed by atoms with van der Waals surface area (Å²) in [7, 11) is -1.70. The Morgan fingerprint density at radius 2 is 1.92 bits per heavy atom. The SMILES string of the molecule is COc1ccc(N(C(=O)Cc2cccc(C)c2)[C@@H]2C=CS(=O)(=O)C2)cc1. The number of amides is 1. The van der Waals surface area contributed by atoms with Crippen LogP contribution in [0.4, 0.5) is 5.69 Å². The molecular formula is C20H21NO4S. The van der Waals surface area contributed by atoms with Crippen molar-refractivity contribution in [2.75, 3.05) is 17.8 Å². The van der Waals surface area contributed by atoms with E-state index in [0.717, 1.165) is 11.1 Å². The number of sulfone groups is 1. The van der Waals surface area contributed by atoms with Gasteiger partial charge in [0, 0.05) is 11.1 Å². The van der Waals surface area contributed by atoms with Crippen molar-refractivity contribution in [2.24, 2.45) is 0 Å². The molecule has 2 aromatic carbocycles. The average molecular weight is 371 g/mol. The van der Waals surface area contributed by atoms with Crippen LogP contribution in [0.25, 0.3) is 0 Å². The maximum Gasteiger partial charge on any atom is 0.231 e. The second-order valence-corrected chi connectivity index (χ2v) is 8.28. The minimum absolute atomic E-state index is 0.0986. The first-order valence-electron chi connectivity index (χ1n) is 8.30. The van der Waals surface area contributed by atoms with E-state index in [1.165, 1.54) is 5.41 Å². The van der Waals surface area contributed by atoms with Crippen molar-refractivity contribution in [3.8, 4) is 5.75 Å². The standard InChI is InChI=1S/C20H21NO4S/c1-15-4-3-5-16(12-15)13-20(22)21(18-10-11-26(23,24)14-18)17-6-8-19(25-2)9-7-17/h3-12,18H,13-14H2,1-2H3/t18-/m1/s1. The molecule has 0 spiro atoms. The zero-order valence-electron chi connectivity index (χ0n) is 14.8. The molecule has 2 aromatic rings. The summed E-state index contributed by atoms with van der Waals surface area (Å²) in [5.74, 6) is 0.431. The predicted molar refractivity (Wildman–Crippen MR) is 102 cm³/mol. The number of hydrogen-bond donors (Lipinski definition) is 0. The van der Waals surface area contributed by atoms with Gasteiger partial charge in [-0.15, -0.1) is 0 Å². The van der Waals surface area contributed by atoms with Crippen molar-refractivity contribution in [1.82, 2.24) is 0 Å². The van der Waals surface area contributed by atoms with E-state index in [-0.39, 0.29) is 18.1 Å². The highest BCUT2D eigenvalue weighted by Crippen LogP contribution is 2.26. The van der Waals surface area contributed by atoms with Crippen LogP contribution in [-0.4, -0.2) is 33.2 Å². The van der Waals surface area contributed by atoms with Gasteiger partial charge < -0.3 is 9.64 Å². The number of hydrogen-bond acceptors (Lipinski definition) is 4. The molecule has 1 aliphatic heterocycles. The number of nitrogens with zero attached hydrogens (tertiary/aromatic N) is 1. The number of carbonyl (C=O) groups excluding carboxylic acids is 1. The molecule has 6 heteroatoms. The molecule has 0 fully saturated rings. The minimum atomic E-state index is -3.27. The van der Waals surface area contributed by atoms with Crippen LogP contribution in [0.5, 0.6) is 5.75 Å². The highest BCUT2D eigenvalue weighted by atomic mass is 32.2. The summed E-state index contributed by atoms with van der Waals surface area (Å²) >= 11 is 0. The van der Waals surface area contributed by atoms with Crippen LogP contribution in [0.2, 0.25) is 0 Å². The van der Waals surface area contributed by atoms with Crippen LogP contribution in [0.1, 0.15) is 11.1 Å². The maximum atomic E-state index is 13.0. The fourth-order valence-electron chi connectivity index (χ4n) is 3.07. The number of anilines is 1. The highest BCUT2D eigenvalue weighted by molar-refractivity contribution is 7.94. The zero-order valence-corrected chi connectivity index (χ0v) is 15.6. The van der Waals surface area contributed by atoms with Gasteiger partial charge >= 0.3 is 0 Å². The van der Waals surface area contributed by atoms with Gasteiger partial charge in [-0.2, -0.15) is 0 Å². The van der Waals surface area contributed by atoms with Crippen LogP contribution < -0.4 is 9.64 Å². The molecule has 0 radical (unpaired) electrons. The van der Waals surface area contributed by atoms with E-state index in [2.05, 4.69) is 0 Å². The summed E-state index contributed by atoms with van der Waals surface area (Å²) in [6, 6.07) is 14.3. The average Bonchev–Trinajstić information content (AvgIpc) is 2.95. The Bertz CT molecular complexity index is 933. The summed E-state index contributed by atoms with van der Waals surface area (Å²) in [6.45, 7) is 1.97. The van der Waals surface area contributed by atoms with E-state index < -0.39 is 15.9 Å². The molecule has 0 saturated heterocycles. The van der Waals surface area contributed by atoms with Gasteiger partial charge in [0.15, 0.2) is 9.84 Å². The molecule has 0 N–H and O–H groups in total. The van der Waals surface area contributed by atoms with Gasteiger partial charge in [-0.25, -0.2) is 8.42 Å². The fraction of sp³-hybridized carbons (Fsp3) is 0.250. The maximum absolute atomic E-state index is 13.0. The van der Waals surface area contributed by atoms with Crippen LogP contribution in [-0.2, 0) is 21.1 Å². The number of ether oxygens (including phenoxy) is 1. The lowest BCUT2D eigenvalue weighted by atomic mass is 10.1. The Hall–Kier alpha value is -2.60. The normalized spacial score (nSPS) is 17.8. The molecule has 0 aliphatic carbocycles. The molecule has 0 unspecified atom stereocenters. The van der Waals surface area contributed by atoms with Crippen LogP contribution in [0, 0.1) is 6.92 Å². The molecular weight excluding hydrogens is 350 g/mol. The summed E-state index contributed by atoms with van der Waals surface area (Å²) in [5.41, 5.74) is 2.63. The highest BCUT2D eigenvalue weighted by Gasteiger charge is 2.31. The van der Waals surface area contributed by atoms with Gasteiger partial charge in [0.1, 0.15) is 5.75 Å². The first-order valence-corrected chi connectivity index (χ1v) is 10.0. The van der Waals surface area contributed by atoms with Gasteiger partial charge in [-0.1, -0.05) is 29.8 Å².